The highest BCUT2D eigenvalue weighted by Gasteiger charge is 2.04. The van der Waals surface area contributed by atoms with Gasteiger partial charge in [0, 0.05) is 0 Å². The monoisotopic (exact) mass is 234 g/mol. The molecule has 0 fully saturated rings. The maximum absolute atomic E-state index is 4.22. The van der Waals surface area contributed by atoms with Gasteiger partial charge in [-0.05, 0) is 46.2 Å². The molecule has 0 atom stereocenters. The number of allylic oxidation sites excluding steroid dienone is 2. The lowest BCUT2D eigenvalue weighted by Gasteiger charge is -2.09. The second kappa shape index (κ2) is 5.05. The molecule has 0 aromatic heterocycles. The molecule has 2 rings (SSSR count). The lowest BCUT2D eigenvalue weighted by molar-refractivity contribution is 1.39. The van der Waals surface area contributed by atoms with Crippen molar-refractivity contribution in [2.45, 2.75) is 13.8 Å². The molecule has 0 spiro atoms. The largest absolute Gasteiger partial charge is 0.0990 e. The molecule has 18 heavy (non-hydrogen) atoms. The second-order valence-corrected chi connectivity index (χ2v) is 4.38. The highest BCUT2D eigenvalue weighted by atomic mass is 14.1. The quantitative estimate of drug-likeness (QED) is 0.745. The van der Waals surface area contributed by atoms with Crippen molar-refractivity contribution in [2.75, 3.05) is 0 Å². The van der Waals surface area contributed by atoms with E-state index in [1.165, 1.54) is 27.1 Å². The SMILES string of the molecule is C=C/C=c1\c(=C)c(C)c(/C=C\C)c2ccccc12. The van der Waals surface area contributed by atoms with Gasteiger partial charge < -0.3 is 0 Å². The van der Waals surface area contributed by atoms with Crippen LogP contribution in [0.3, 0.4) is 0 Å². The highest BCUT2D eigenvalue weighted by Crippen LogP contribution is 2.18. The summed E-state index contributed by atoms with van der Waals surface area (Å²) in [5, 5.41) is 4.77. The van der Waals surface area contributed by atoms with Crippen LogP contribution >= 0.6 is 0 Å². The Bertz CT molecular complexity index is 731. The van der Waals surface area contributed by atoms with E-state index in [-0.39, 0.29) is 0 Å². The second-order valence-electron chi connectivity index (χ2n) is 4.38. The van der Waals surface area contributed by atoms with Crippen molar-refractivity contribution in [3.05, 3.63) is 64.6 Å². The first-order valence-corrected chi connectivity index (χ1v) is 6.16. The average molecular weight is 234 g/mol. The van der Waals surface area contributed by atoms with E-state index in [2.05, 4.69) is 56.5 Å². The molecule has 2 aromatic rings. The van der Waals surface area contributed by atoms with Crippen molar-refractivity contribution >= 4 is 29.5 Å². The van der Waals surface area contributed by atoms with Crippen LogP contribution in [0.2, 0.25) is 0 Å². The van der Waals surface area contributed by atoms with Crippen LogP contribution in [0.25, 0.3) is 29.5 Å². The van der Waals surface area contributed by atoms with E-state index < -0.39 is 0 Å². The summed E-state index contributed by atoms with van der Waals surface area (Å²) in [6.07, 6.45) is 8.09. The van der Waals surface area contributed by atoms with E-state index in [0.29, 0.717) is 0 Å². The molecular weight excluding hydrogens is 216 g/mol. The summed E-state index contributed by atoms with van der Waals surface area (Å²) in [6.45, 7) is 12.2. The van der Waals surface area contributed by atoms with Crippen LogP contribution < -0.4 is 10.4 Å². The van der Waals surface area contributed by atoms with Gasteiger partial charge in [0.2, 0.25) is 0 Å². The van der Waals surface area contributed by atoms with Crippen molar-refractivity contribution in [3.8, 4) is 0 Å². The van der Waals surface area contributed by atoms with Crippen LogP contribution in [-0.2, 0) is 0 Å². The molecule has 0 bridgehead atoms. The Kier molecular flexibility index (Phi) is 3.47. The van der Waals surface area contributed by atoms with Crippen LogP contribution in [0.15, 0.2) is 43.0 Å². The van der Waals surface area contributed by atoms with E-state index >= 15 is 0 Å². The van der Waals surface area contributed by atoms with E-state index in [1.807, 2.05) is 19.1 Å². The summed E-state index contributed by atoms with van der Waals surface area (Å²) in [5.74, 6) is 0. The van der Waals surface area contributed by atoms with Crippen LogP contribution in [-0.4, -0.2) is 0 Å². The average Bonchev–Trinajstić information content (AvgIpc) is 2.40. The fourth-order valence-electron chi connectivity index (χ4n) is 2.37. The molecule has 0 unspecified atom stereocenters. The summed E-state index contributed by atoms with van der Waals surface area (Å²) in [6, 6.07) is 8.45. The summed E-state index contributed by atoms with van der Waals surface area (Å²) < 4.78 is 0. The van der Waals surface area contributed by atoms with Gasteiger partial charge in [-0.1, -0.05) is 61.7 Å². The predicted molar refractivity (Wildman–Crippen MR) is 82.8 cm³/mol. The lowest BCUT2D eigenvalue weighted by atomic mass is 9.95. The smallest absolute Gasteiger partial charge is 0.00994 e. The molecule has 0 heterocycles. The van der Waals surface area contributed by atoms with Gasteiger partial charge in [-0.15, -0.1) is 0 Å². The van der Waals surface area contributed by atoms with Crippen molar-refractivity contribution < 1.29 is 0 Å². The van der Waals surface area contributed by atoms with Crippen LogP contribution in [0.5, 0.6) is 0 Å². The maximum atomic E-state index is 4.22. The Morgan fingerprint density at radius 2 is 1.78 bits per heavy atom. The standard InChI is InChI=1S/C18H18/c1-5-9-15-13(3)14(4)16(10-6-2)18-12-8-7-11-17(15)18/h5-12H,1,3H2,2,4H3/b10-6-,15-9+. The molecule has 0 aliphatic rings. The molecule has 2 aromatic carbocycles. The molecule has 90 valence electrons. The fourth-order valence-corrected chi connectivity index (χ4v) is 2.37. The van der Waals surface area contributed by atoms with E-state index in [1.54, 1.807) is 0 Å². The zero-order valence-corrected chi connectivity index (χ0v) is 11.0. The van der Waals surface area contributed by atoms with Gasteiger partial charge in [-0.3, -0.25) is 0 Å². The van der Waals surface area contributed by atoms with Crippen molar-refractivity contribution in [2.24, 2.45) is 0 Å². The molecule has 0 heteroatoms. The van der Waals surface area contributed by atoms with Gasteiger partial charge in [0.05, 0.1) is 0 Å². The molecule has 0 aliphatic heterocycles. The lowest BCUT2D eigenvalue weighted by Crippen LogP contribution is -2.27. The summed E-state index contributed by atoms with van der Waals surface area (Å²) in [5.41, 5.74) is 2.50. The topological polar surface area (TPSA) is 0 Å². The molecule has 0 nitrogen and oxygen atoms in total. The molecule has 0 N–H and O–H groups in total. The number of fused-ring (bicyclic) bond motifs is 1. The van der Waals surface area contributed by atoms with Gasteiger partial charge >= 0.3 is 0 Å². The Hall–Kier alpha value is -2.08. The van der Waals surface area contributed by atoms with Crippen molar-refractivity contribution in [3.63, 3.8) is 0 Å². The first-order chi connectivity index (χ1) is 8.70. The number of hydrogen-bond donors (Lipinski definition) is 0. The van der Waals surface area contributed by atoms with Gasteiger partial charge in [0.25, 0.3) is 0 Å². The van der Waals surface area contributed by atoms with Gasteiger partial charge in [-0.25, -0.2) is 0 Å². The molecular formula is C18H18. The Morgan fingerprint density at radius 1 is 1.11 bits per heavy atom. The van der Waals surface area contributed by atoms with E-state index in [9.17, 15) is 0 Å². The van der Waals surface area contributed by atoms with Gasteiger partial charge in [-0.2, -0.15) is 0 Å². The number of benzene rings is 2. The summed E-state index contributed by atoms with van der Waals surface area (Å²) in [7, 11) is 0. The zero-order valence-electron chi connectivity index (χ0n) is 11.0. The highest BCUT2D eigenvalue weighted by molar-refractivity contribution is 5.93. The fraction of sp³-hybridized carbons (Fsp3) is 0.111. The summed E-state index contributed by atoms with van der Waals surface area (Å²) in [4.78, 5) is 0. The molecule has 0 saturated carbocycles. The minimum atomic E-state index is 1.08. The third-order valence-electron chi connectivity index (χ3n) is 3.31. The third-order valence-corrected chi connectivity index (χ3v) is 3.31. The minimum absolute atomic E-state index is 1.08. The Balaban J connectivity index is 3.12. The van der Waals surface area contributed by atoms with Crippen LogP contribution in [0.1, 0.15) is 18.1 Å². The number of hydrogen-bond acceptors (Lipinski definition) is 0. The first kappa shape index (κ1) is 12.4. The minimum Gasteiger partial charge on any atom is -0.0990 e. The van der Waals surface area contributed by atoms with Gasteiger partial charge in [0.1, 0.15) is 0 Å². The third kappa shape index (κ3) is 1.91. The Labute approximate surface area is 108 Å². The first-order valence-electron chi connectivity index (χ1n) is 6.16. The van der Waals surface area contributed by atoms with E-state index in [4.69, 9.17) is 0 Å². The zero-order chi connectivity index (χ0) is 13.1. The summed E-state index contributed by atoms with van der Waals surface area (Å²) >= 11 is 0. The van der Waals surface area contributed by atoms with Gasteiger partial charge in [0.15, 0.2) is 0 Å². The maximum Gasteiger partial charge on any atom is -0.00994 e. The number of rotatable bonds is 2. The van der Waals surface area contributed by atoms with Crippen LogP contribution in [0.4, 0.5) is 0 Å². The molecule has 0 amide bonds. The van der Waals surface area contributed by atoms with Crippen molar-refractivity contribution in [1.82, 2.24) is 0 Å². The molecule has 0 saturated heterocycles. The van der Waals surface area contributed by atoms with Crippen molar-refractivity contribution in [1.29, 1.82) is 0 Å². The molecule has 0 radical (unpaired) electrons. The van der Waals surface area contributed by atoms with E-state index in [0.717, 1.165) is 5.22 Å². The Morgan fingerprint density at radius 3 is 2.39 bits per heavy atom. The van der Waals surface area contributed by atoms with Crippen LogP contribution in [0, 0.1) is 6.92 Å². The normalized spacial score (nSPS) is 12.4. The predicted octanol–water partition coefficient (Wildman–Crippen LogP) is 3.56. The molecule has 0 aliphatic carbocycles.